The lowest BCUT2D eigenvalue weighted by atomic mass is 9.68. The van der Waals surface area contributed by atoms with Gasteiger partial charge in [0.1, 0.15) is 11.8 Å². The smallest absolute Gasteiger partial charge is 0.308 e. The summed E-state index contributed by atoms with van der Waals surface area (Å²) < 4.78 is 5.02. The molecule has 2 aromatic rings. The first-order valence-electron chi connectivity index (χ1n) is 9.35. The van der Waals surface area contributed by atoms with Crippen molar-refractivity contribution in [2.75, 3.05) is 5.32 Å². The first-order chi connectivity index (χ1) is 13.9. The van der Waals surface area contributed by atoms with Crippen LogP contribution in [-0.2, 0) is 15.0 Å². The summed E-state index contributed by atoms with van der Waals surface area (Å²) in [7, 11) is 0. The molecule has 2 aromatic carbocycles. The van der Waals surface area contributed by atoms with Gasteiger partial charge in [0.25, 0.3) is 0 Å². The number of ether oxygens (including phenoxy) is 1. The molecular formula is C22H20Cl2N2O3. The summed E-state index contributed by atoms with van der Waals surface area (Å²) in [6.45, 7) is 1.26. The second-order valence-electron chi connectivity index (χ2n) is 7.14. The van der Waals surface area contributed by atoms with E-state index >= 15 is 0 Å². The topological polar surface area (TPSA) is 79.2 Å². The minimum Gasteiger partial charge on any atom is -0.425 e. The molecule has 0 aliphatic heterocycles. The molecule has 29 heavy (non-hydrogen) atoms. The number of hydrogen-bond acceptors (Lipinski definition) is 4. The summed E-state index contributed by atoms with van der Waals surface area (Å²) in [5.74, 6) is -0.534. The molecule has 7 heteroatoms. The molecule has 0 bridgehead atoms. The molecule has 0 atom stereocenters. The number of rotatable bonds is 4. The van der Waals surface area contributed by atoms with Crippen LogP contribution in [0.15, 0.2) is 36.4 Å². The van der Waals surface area contributed by atoms with Crippen molar-refractivity contribution < 1.29 is 14.3 Å². The standard InChI is InChI=1S/C22H20Cl2N2O3/c1-14(27)29-20-8-6-17(11-15(20)13-25)26-21(28)22(9-3-2-4-10-22)18-7-5-16(23)12-19(18)24/h5-8,11-12H,2-4,9-10H2,1H3,(H,26,28). The fourth-order valence-electron chi connectivity index (χ4n) is 3.84. The van der Waals surface area contributed by atoms with Crippen LogP contribution < -0.4 is 10.1 Å². The van der Waals surface area contributed by atoms with Gasteiger partial charge in [0, 0.05) is 22.7 Å². The number of nitrogens with one attached hydrogen (secondary N) is 1. The predicted octanol–water partition coefficient (Wildman–Crippen LogP) is 5.63. The second-order valence-corrected chi connectivity index (χ2v) is 7.98. The van der Waals surface area contributed by atoms with Gasteiger partial charge in [0.05, 0.1) is 11.0 Å². The molecule has 0 spiro atoms. The maximum absolute atomic E-state index is 13.4. The van der Waals surface area contributed by atoms with Gasteiger partial charge in [-0.15, -0.1) is 0 Å². The molecule has 0 radical (unpaired) electrons. The van der Waals surface area contributed by atoms with Crippen LogP contribution in [0, 0.1) is 11.3 Å². The Morgan fingerprint density at radius 2 is 1.83 bits per heavy atom. The number of carbonyl (C=O) groups is 2. The Balaban J connectivity index is 1.94. The van der Waals surface area contributed by atoms with E-state index in [4.69, 9.17) is 27.9 Å². The van der Waals surface area contributed by atoms with Gasteiger partial charge in [0.15, 0.2) is 0 Å². The molecule has 1 N–H and O–H groups in total. The molecular weight excluding hydrogens is 411 g/mol. The Kier molecular flexibility index (Phi) is 6.46. The van der Waals surface area contributed by atoms with Crippen molar-refractivity contribution in [1.82, 2.24) is 0 Å². The zero-order valence-electron chi connectivity index (χ0n) is 15.9. The Hall–Kier alpha value is -2.55. The Morgan fingerprint density at radius 1 is 1.10 bits per heavy atom. The lowest BCUT2D eigenvalue weighted by Crippen LogP contribution is -2.42. The van der Waals surface area contributed by atoms with E-state index in [1.165, 1.54) is 19.1 Å². The zero-order chi connectivity index (χ0) is 21.0. The SMILES string of the molecule is CC(=O)Oc1ccc(NC(=O)C2(c3ccc(Cl)cc3Cl)CCCCC2)cc1C#N. The van der Waals surface area contributed by atoms with E-state index in [-0.39, 0.29) is 17.2 Å². The molecule has 1 saturated carbocycles. The van der Waals surface area contributed by atoms with E-state index in [0.717, 1.165) is 24.8 Å². The van der Waals surface area contributed by atoms with Crippen LogP contribution in [0.2, 0.25) is 10.0 Å². The summed E-state index contributed by atoms with van der Waals surface area (Å²) in [6, 6.07) is 11.8. The number of carbonyl (C=O) groups excluding carboxylic acids is 2. The minimum atomic E-state index is -0.763. The summed E-state index contributed by atoms with van der Waals surface area (Å²) >= 11 is 12.5. The van der Waals surface area contributed by atoms with E-state index in [9.17, 15) is 14.9 Å². The predicted molar refractivity (Wildman–Crippen MR) is 112 cm³/mol. The van der Waals surface area contributed by atoms with Gasteiger partial charge in [-0.1, -0.05) is 48.5 Å². The van der Waals surface area contributed by atoms with Crippen molar-refractivity contribution in [3.8, 4) is 11.8 Å². The number of halogens is 2. The van der Waals surface area contributed by atoms with Crippen molar-refractivity contribution >= 4 is 40.8 Å². The number of nitriles is 1. The van der Waals surface area contributed by atoms with Gasteiger partial charge in [-0.2, -0.15) is 5.26 Å². The van der Waals surface area contributed by atoms with E-state index in [2.05, 4.69) is 5.32 Å². The maximum Gasteiger partial charge on any atom is 0.308 e. The van der Waals surface area contributed by atoms with E-state index in [1.54, 1.807) is 18.2 Å². The monoisotopic (exact) mass is 430 g/mol. The Morgan fingerprint density at radius 3 is 2.45 bits per heavy atom. The fraction of sp³-hybridized carbons (Fsp3) is 0.318. The largest absolute Gasteiger partial charge is 0.425 e. The number of esters is 1. The summed E-state index contributed by atoms with van der Waals surface area (Å²) in [5, 5.41) is 13.3. The van der Waals surface area contributed by atoms with Crippen LogP contribution in [0.3, 0.4) is 0 Å². The molecule has 0 saturated heterocycles. The molecule has 1 aliphatic rings. The normalized spacial score (nSPS) is 15.2. The highest BCUT2D eigenvalue weighted by atomic mass is 35.5. The van der Waals surface area contributed by atoms with Gasteiger partial charge in [-0.05, 0) is 48.7 Å². The molecule has 1 amide bonds. The zero-order valence-corrected chi connectivity index (χ0v) is 17.4. The summed E-state index contributed by atoms with van der Waals surface area (Å²) in [6.07, 6.45) is 4.26. The van der Waals surface area contributed by atoms with Gasteiger partial charge in [-0.25, -0.2) is 0 Å². The van der Waals surface area contributed by atoms with Crippen LogP contribution in [0.5, 0.6) is 5.75 Å². The third-order valence-corrected chi connectivity index (χ3v) is 5.75. The first-order valence-corrected chi connectivity index (χ1v) is 10.1. The van der Waals surface area contributed by atoms with Gasteiger partial charge in [0.2, 0.25) is 5.91 Å². The number of hydrogen-bond donors (Lipinski definition) is 1. The van der Waals surface area contributed by atoms with Crippen LogP contribution in [0.25, 0.3) is 0 Å². The molecule has 0 aromatic heterocycles. The Bertz CT molecular complexity index is 992. The summed E-state index contributed by atoms with van der Waals surface area (Å²) in [5.41, 5.74) is 0.622. The number of nitrogens with zero attached hydrogens (tertiary/aromatic N) is 1. The Labute approximate surface area is 179 Å². The average Bonchev–Trinajstić information content (AvgIpc) is 2.69. The van der Waals surface area contributed by atoms with E-state index in [0.29, 0.717) is 28.6 Å². The number of amides is 1. The third kappa shape index (κ3) is 4.55. The summed E-state index contributed by atoms with van der Waals surface area (Å²) in [4.78, 5) is 24.6. The number of benzene rings is 2. The molecule has 150 valence electrons. The second kappa shape index (κ2) is 8.86. The first kappa shape index (κ1) is 21.2. The molecule has 0 heterocycles. The average molecular weight is 431 g/mol. The highest BCUT2D eigenvalue weighted by molar-refractivity contribution is 6.35. The van der Waals surface area contributed by atoms with Crippen LogP contribution >= 0.6 is 23.2 Å². The third-order valence-electron chi connectivity index (χ3n) is 5.20. The van der Waals surface area contributed by atoms with Crippen molar-refractivity contribution in [3.63, 3.8) is 0 Å². The molecule has 3 rings (SSSR count). The van der Waals surface area contributed by atoms with Crippen molar-refractivity contribution in [1.29, 1.82) is 5.26 Å². The lowest BCUT2D eigenvalue weighted by molar-refractivity contribution is -0.132. The van der Waals surface area contributed by atoms with Crippen molar-refractivity contribution in [2.45, 2.75) is 44.4 Å². The molecule has 1 fully saturated rings. The quantitative estimate of drug-likeness (QED) is 0.503. The van der Waals surface area contributed by atoms with E-state index in [1.807, 2.05) is 12.1 Å². The van der Waals surface area contributed by atoms with E-state index < -0.39 is 11.4 Å². The molecule has 1 aliphatic carbocycles. The molecule has 0 unspecified atom stereocenters. The molecule has 5 nitrogen and oxygen atoms in total. The van der Waals surface area contributed by atoms with Gasteiger partial charge in [-0.3, -0.25) is 9.59 Å². The minimum absolute atomic E-state index is 0.158. The highest BCUT2D eigenvalue weighted by Crippen LogP contribution is 2.44. The maximum atomic E-state index is 13.4. The van der Waals surface area contributed by atoms with Crippen molar-refractivity contribution in [2.24, 2.45) is 0 Å². The van der Waals surface area contributed by atoms with Crippen LogP contribution in [-0.4, -0.2) is 11.9 Å². The fourth-order valence-corrected chi connectivity index (χ4v) is 4.43. The lowest BCUT2D eigenvalue weighted by Gasteiger charge is -2.37. The van der Waals surface area contributed by atoms with Crippen LogP contribution in [0.4, 0.5) is 5.69 Å². The van der Waals surface area contributed by atoms with Crippen molar-refractivity contribution in [3.05, 3.63) is 57.6 Å². The van der Waals surface area contributed by atoms with Gasteiger partial charge >= 0.3 is 5.97 Å². The highest BCUT2D eigenvalue weighted by Gasteiger charge is 2.42. The van der Waals surface area contributed by atoms with Gasteiger partial charge < -0.3 is 10.1 Å². The van der Waals surface area contributed by atoms with Crippen LogP contribution in [0.1, 0.15) is 50.2 Å². The number of anilines is 1.